The SMILES string of the molecule is CCOc1ccc2ccccc2c1C(=O)NCc1nc(C)cc(N2CCCC2)n1. The lowest BCUT2D eigenvalue weighted by Gasteiger charge is -2.18. The molecule has 3 aromatic rings. The molecule has 2 heterocycles. The molecule has 0 unspecified atom stereocenters. The first-order chi connectivity index (χ1) is 14.2. The zero-order valence-electron chi connectivity index (χ0n) is 16.9. The summed E-state index contributed by atoms with van der Waals surface area (Å²) < 4.78 is 5.73. The molecule has 1 aliphatic heterocycles. The van der Waals surface area contributed by atoms with Gasteiger partial charge in [0, 0.05) is 24.8 Å². The van der Waals surface area contributed by atoms with Gasteiger partial charge in [-0.2, -0.15) is 0 Å². The fourth-order valence-electron chi connectivity index (χ4n) is 3.81. The second kappa shape index (κ2) is 8.47. The van der Waals surface area contributed by atoms with Gasteiger partial charge in [0.05, 0.1) is 18.7 Å². The lowest BCUT2D eigenvalue weighted by molar-refractivity contribution is 0.0948. The Hall–Kier alpha value is -3.15. The zero-order valence-corrected chi connectivity index (χ0v) is 16.9. The lowest BCUT2D eigenvalue weighted by Crippen LogP contribution is -2.26. The van der Waals surface area contributed by atoms with E-state index in [4.69, 9.17) is 4.74 Å². The van der Waals surface area contributed by atoms with Crippen LogP contribution in [0.1, 0.15) is 41.6 Å². The van der Waals surface area contributed by atoms with Crippen LogP contribution >= 0.6 is 0 Å². The van der Waals surface area contributed by atoms with Crippen molar-refractivity contribution in [1.82, 2.24) is 15.3 Å². The summed E-state index contributed by atoms with van der Waals surface area (Å²) in [5.41, 5.74) is 1.46. The Bertz CT molecular complexity index is 1030. The van der Waals surface area contributed by atoms with Crippen LogP contribution < -0.4 is 15.0 Å². The van der Waals surface area contributed by atoms with E-state index in [-0.39, 0.29) is 12.5 Å². The maximum absolute atomic E-state index is 13.1. The number of anilines is 1. The molecule has 1 aromatic heterocycles. The number of hydrogen-bond donors (Lipinski definition) is 1. The van der Waals surface area contributed by atoms with Gasteiger partial charge in [-0.3, -0.25) is 4.79 Å². The largest absolute Gasteiger partial charge is 0.493 e. The van der Waals surface area contributed by atoms with Gasteiger partial charge < -0.3 is 15.0 Å². The Morgan fingerprint density at radius 1 is 1.14 bits per heavy atom. The van der Waals surface area contributed by atoms with Crippen molar-refractivity contribution in [2.45, 2.75) is 33.2 Å². The molecule has 0 spiro atoms. The van der Waals surface area contributed by atoms with E-state index in [9.17, 15) is 4.79 Å². The Labute approximate surface area is 170 Å². The number of aromatic nitrogens is 2. The third-order valence-corrected chi connectivity index (χ3v) is 5.14. The first kappa shape index (κ1) is 19.2. The molecule has 1 saturated heterocycles. The minimum Gasteiger partial charge on any atom is -0.493 e. The van der Waals surface area contributed by atoms with Crippen LogP contribution in [0.3, 0.4) is 0 Å². The zero-order chi connectivity index (χ0) is 20.2. The van der Waals surface area contributed by atoms with Crippen molar-refractivity contribution in [1.29, 1.82) is 0 Å². The van der Waals surface area contributed by atoms with Gasteiger partial charge >= 0.3 is 0 Å². The van der Waals surface area contributed by atoms with Gasteiger partial charge in [0.2, 0.25) is 0 Å². The summed E-state index contributed by atoms with van der Waals surface area (Å²) in [5.74, 6) is 1.97. The molecule has 1 aliphatic rings. The minimum atomic E-state index is -0.182. The maximum atomic E-state index is 13.1. The number of fused-ring (bicyclic) bond motifs is 1. The van der Waals surface area contributed by atoms with Gasteiger partial charge in [0.15, 0.2) is 0 Å². The van der Waals surface area contributed by atoms with Crippen molar-refractivity contribution in [2.75, 3.05) is 24.6 Å². The van der Waals surface area contributed by atoms with Gasteiger partial charge in [0.1, 0.15) is 17.4 Å². The number of ether oxygens (including phenoxy) is 1. The van der Waals surface area contributed by atoms with E-state index in [2.05, 4.69) is 20.2 Å². The number of hydrogen-bond acceptors (Lipinski definition) is 5. The minimum absolute atomic E-state index is 0.182. The van der Waals surface area contributed by atoms with E-state index in [0.717, 1.165) is 35.4 Å². The van der Waals surface area contributed by atoms with Crippen LogP contribution in [0.5, 0.6) is 5.75 Å². The van der Waals surface area contributed by atoms with Crippen LogP contribution in [-0.4, -0.2) is 35.6 Å². The molecule has 0 atom stereocenters. The third-order valence-electron chi connectivity index (χ3n) is 5.14. The van der Waals surface area contributed by atoms with Gasteiger partial charge in [-0.15, -0.1) is 0 Å². The predicted octanol–water partition coefficient (Wildman–Crippen LogP) is 3.87. The first-order valence-electron chi connectivity index (χ1n) is 10.2. The van der Waals surface area contributed by atoms with Crippen LogP contribution in [0, 0.1) is 6.92 Å². The van der Waals surface area contributed by atoms with E-state index in [1.165, 1.54) is 12.8 Å². The molecule has 1 fully saturated rings. The summed E-state index contributed by atoms with van der Waals surface area (Å²) in [6, 6.07) is 13.7. The van der Waals surface area contributed by atoms with Crippen LogP contribution in [-0.2, 0) is 6.54 Å². The smallest absolute Gasteiger partial charge is 0.256 e. The Balaban J connectivity index is 1.58. The third kappa shape index (κ3) is 4.16. The Morgan fingerprint density at radius 3 is 2.72 bits per heavy atom. The highest BCUT2D eigenvalue weighted by Gasteiger charge is 2.18. The highest BCUT2D eigenvalue weighted by Crippen LogP contribution is 2.28. The summed E-state index contributed by atoms with van der Waals surface area (Å²) in [5, 5.41) is 4.87. The van der Waals surface area contributed by atoms with Crippen LogP contribution in [0.2, 0.25) is 0 Å². The molecule has 4 rings (SSSR count). The van der Waals surface area contributed by atoms with Crippen molar-refractivity contribution >= 4 is 22.5 Å². The van der Waals surface area contributed by atoms with E-state index in [1.54, 1.807) is 0 Å². The number of benzene rings is 2. The summed E-state index contributed by atoms with van der Waals surface area (Å²) in [7, 11) is 0. The second-order valence-electron chi connectivity index (χ2n) is 7.25. The summed E-state index contributed by atoms with van der Waals surface area (Å²) in [6.45, 7) is 6.70. The van der Waals surface area contributed by atoms with E-state index in [0.29, 0.717) is 23.7 Å². The number of nitrogens with one attached hydrogen (secondary N) is 1. The number of amides is 1. The van der Waals surface area contributed by atoms with Crippen molar-refractivity contribution in [3.8, 4) is 5.75 Å². The highest BCUT2D eigenvalue weighted by molar-refractivity contribution is 6.09. The molecule has 0 bridgehead atoms. The topological polar surface area (TPSA) is 67.3 Å². The molecule has 0 aliphatic carbocycles. The first-order valence-corrected chi connectivity index (χ1v) is 10.2. The van der Waals surface area contributed by atoms with Gasteiger partial charge in [-0.25, -0.2) is 9.97 Å². The van der Waals surface area contributed by atoms with E-state index in [1.807, 2.05) is 56.3 Å². The summed E-state index contributed by atoms with van der Waals surface area (Å²) in [4.78, 5) is 24.6. The number of rotatable bonds is 6. The number of aryl methyl sites for hydroxylation is 1. The van der Waals surface area contributed by atoms with Crippen molar-refractivity contribution < 1.29 is 9.53 Å². The molecule has 150 valence electrons. The quantitative estimate of drug-likeness (QED) is 0.692. The number of nitrogens with zero attached hydrogens (tertiary/aromatic N) is 3. The van der Waals surface area contributed by atoms with Crippen LogP contribution in [0.4, 0.5) is 5.82 Å². The molecule has 6 heteroatoms. The summed E-state index contributed by atoms with van der Waals surface area (Å²) in [6.07, 6.45) is 2.38. The van der Waals surface area contributed by atoms with Crippen molar-refractivity contribution in [3.05, 3.63) is 59.5 Å². The average Bonchev–Trinajstić information content (AvgIpc) is 3.27. The fraction of sp³-hybridized carbons (Fsp3) is 0.348. The fourth-order valence-corrected chi connectivity index (χ4v) is 3.81. The maximum Gasteiger partial charge on any atom is 0.256 e. The second-order valence-corrected chi connectivity index (χ2v) is 7.25. The normalized spacial score (nSPS) is 13.7. The monoisotopic (exact) mass is 390 g/mol. The molecule has 0 saturated carbocycles. The molecular formula is C23H26N4O2. The van der Waals surface area contributed by atoms with Gasteiger partial charge in [-0.05, 0) is 43.5 Å². The molecule has 0 radical (unpaired) electrons. The van der Waals surface area contributed by atoms with E-state index >= 15 is 0 Å². The molecule has 2 aromatic carbocycles. The van der Waals surface area contributed by atoms with Crippen LogP contribution in [0.25, 0.3) is 10.8 Å². The highest BCUT2D eigenvalue weighted by atomic mass is 16.5. The molecule has 1 amide bonds. The Morgan fingerprint density at radius 2 is 1.93 bits per heavy atom. The van der Waals surface area contributed by atoms with Gasteiger partial charge in [-0.1, -0.05) is 30.3 Å². The molecule has 29 heavy (non-hydrogen) atoms. The standard InChI is InChI=1S/C23H26N4O2/c1-3-29-19-11-10-17-8-4-5-9-18(17)22(19)23(28)24-15-20-25-16(2)14-21(26-20)27-12-6-7-13-27/h4-5,8-11,14H,3,6-7,12-13,15H2,1-2H3,(H,24,28). The lowest BCUT2D eigenvalue weighted by atomic mass is 10.0. The number of carbonyl (C=O) groups is 1. The Kier molecular flexibility index (Phi) is 5.60. The molecule has 1 N–H and O–H groups in total. The average molecular weight is 390 g/mol. The predicted molar refractivity (Wildman–Crippen MR) is 115 cm³/mol. The molecular weight excluding hydrogens is 364 g/mol. The van der Waals surface area contributed by atoms with E-state index < -0.39 is 0 Å². The van der Waals surface area contributed by atoms with Crippen molar-refractivity contribution in [3.63, 3.8) is 0 Å². The summed E-state index contributed by atoms with van der Waals surface area (Å²) >= 11 is 0. The molecule has 6 nitrogen and oxygen atoms in total. The van der Waals surface area contributed by atoms with Crippen LogP contribution in [0.15, 0.2) is 42.5 Å². The number of carbonyl (C=O) groups excluding carboxylic acids is 1. The van der Waals surface area contributed by atoms with Crippen molar-refractivity contribution in [2.24, 2.45) is 0 Å². The van der Waals surface area contributed by atoms with Gasteiger partial charge in [0.25, 0.3) is 5.91 Å².